The number of rotatable bonds is 4. The molecule has 1 aliphatic heterocycles. The number of urea groups is 1. The molecular formula is C11H20N2O3S. The van der Waals surface area contributed by atoms with Crippen molar-refractivity contribution in [1.29, 1.82) is 0 Å². The molecule has 17 heavy (non-hydrogen) atoms. The van der Waals surface area contributed by atoms with Crippen LogP contribution in [-0.4, -0.2) is 57.7 Å². The standard InChI is InChI=1S/C11H20N2O3S/c1-4-5-6-12(3)11(16)13-8(2)17-7-9(13)10(14)15/h8-9H,4-7H2,1-3H3,(H,14,15). The van der Waals surface area contributed by atoms with Gasteiger partial charge in [-0.25, -0.2) is 9.59 Å². The molecular weight excluding hydrogens is 240 g/mol. The molecule has 1 rings (SSSR count). The largest absolute Gasteiger partial charge is 0.480 e. The van der Waals surface area contributed by atoms with E-state index in [-0.39, 0.29) is 11.4 Å². The van der Waals surface area contributed by atoms with Crippen molar-refractivity contribution in [3.8, 4) is 0 Å². The van der Waals surface area contributed by atoms with E-state index in [2.05, 4.69) is 6.92 Å². The number of aliphatic carboxylic acids is 1. The highest BCUT2D eigenvalue weighted by Gasteiger charge is 2.40. The van der Waals surface area contributed by atoms with E-state index in [1.165, 1.54) is 16.7 Å². The zero-order valence-corrected chi connectivity index (χ0v) is 11.4. The molecule has 0 aromatic carbocycles. The number of carboxylic acids is 1. The summed E-state index contributed by atoms with van der Waals surface area (Å²) in [5.74, 6) is -0.441. The summed E-state index contributed by atoms with van der Waals surface area (Å²) in [6.07, 6.45) is 1.96. The van der Waals surface area contributed by atoms with Crippen LogP contribution >= 0.6 is 11.8 Å². The molecule has 1 heterocycles. The van der Waals surface area contributed by atoms with Crippen molar-refractivity contribution < 1.29 is 14.7 Å². The van der Waals surface area contributed by atoms with Crippen LogP contribution in [0.4, 0.5) is 4.79 Å². The van der Waals surface area contributed by atoms with Gasteiger partial charge in [0.2, 0.25) is 0 Å². The van der Waals surface area contributed by atoms with Crippen LogP contribution < -0.4 is 0 Å². The van der Waals surface area contributed by atoms with Crippen LogP contribution in [0.2, 0.25) is 0 Å². The molecule has 2 atom stereocenters. The summed E-state index contributed by atoms with van der Waals surface area (Å²) in [6, 6.07) is -0.866. The zero-order chi connectivity index (χ0) is 13.0. The van der Waals surface area contributed by atoms with Gasteiger partial charge < -0.3 is 10.0 Å². The third-order valence-corrected chi connectivity index (χ3v) is 4.12. The van der Waals surface area contributed by atoms with E-state index >= 15 is 0 Å². The van der Waals surface area contributed by atoms with Crippen molar-refractivity contribution in [2.24, 2.45) is 0 Å². The third kappa shape index (κ3) is 3.28. The second-order valence-corrected chi connectivity index (χ2v) is 5.60. The Labute approximate surface area is 106 Å². The van der Waals surface area contributed by atoms with Gasteiger partial charge in [0.05, 0.1) is 5.37 Å². The minimum absolute atomic E-state index is 0.0623. The van der Waals surface area contributed by atoms with Gasteiger partial charge in [0.25, 0.3) is 0 Å². The lowest BCUT2D eigenvalue weighted by Crippen LogP contribution is -2.50. The summed E-state index contributed by atoms with van der Waals surface area (Å²) in [5, 5.41) is 9.02. The Morgan fingerprint density at radius 1 is 1.53 bits per heavy atom. The van der Waals surface area contributed by atoms with E-state index in [0.717, 1.165) is 12.8 Å². The predicted molar refractivity (Wildman–Crippen MR) is 68.1 cm³/mol. The van der Waals surface area contributed by atoms with Crippen molar-refractivity contribution in [3.05, 3.63) is 0 Å². The van der Waals surface area contributed by atoms with Gasteiger partial charge in [0.15, 0.2) is 0 Å². The number of carbonyl (C=O) groups is 2. The van der Waals surface area contributed by atoms with Gasteiger partial charge in [-0.05, 0) is 13.3 Å². The summed E-state index contributed by atoms with van der Waals surface area (Å²) in [4.78, 5) is 26.3. The lowest BCUT2D eigenvalue weighted by atomic mass is 10.3. The maximum atomic E-state index is 12.2. The van der Waals surface area contributed by atoms with Crippen LogP contribution in [0.5, 0.6) is 0 Å². The Balaban J connectivity index is 2.68. The van der Waals surface area contributed by atoms with Gasteiger partial charge >= 0.3 is 12.0 Å². The van der Waals surface area contributed by atoms with Gasteiger partial charge in [-0.2, -0.15) is 0 Å². The molecule has 1 fully saturated rings. The van der Waals surface area contributed by atoms with E-state index in [4.69, 9.17) is 5.11 Å². The number of thioether (sulfide) groups is 1. The predicted octanol–water partition coefficient (Wildman–Crippen LogP) is 1.69. The molecule has 0 aromatic rings. The fraction of sp³-hybridized carbons (Fsp3) is 0.818. The second-order valence-electron chi connectivity index (χ2n) is 4.25. The van der Waals surface area contributed by atoms with Crippen LogP contribution in [0.1, 0.15) is 26.7 Å². The van der Waals surface area contributed by atoms with Gasteiger partial charge in [0.1, 0.15) is 6.04 Å². The molecule has 2 unspecified atom stereocenters. The van der Waals surface area contributed by atoms with Crippen molar-refractivity contribution >= 4 is 23.8 Å². The first kappa shape index (κ1) is 14.2. The summed E-state index contributed by atoms with van der Waals surface area (Å²) in [7, 11) is 1.73. The number of unbranched alkanes of at least 4 members (excludes halogenated alkanes) is 1. The number of hydrogen-bond donors (Lipinski definition) is 1. The molecule has 0 bridgehead atoms. The molecule has 1 aliphatic rings. The van der Waals surface area contributed by atoms with Gasteiger partial charge in [-0.1, -0.05) is 13.3 Å². The van der Waals surface area contributed by atoms with E-state index < -0.39 is 12.0 Å². The molecule has 5 nitrogen and oxygen atoms in total. The third-order valence-electron chi connectivity index (χ3n) is 2.90. The number of hydrogen-bond acceptors (Lipinski definition) is 3. The average Bonchev–Trinajstić information content (AvgIpc) is 2.67. The Bertz CT molecular complexity index is 298. The monoisotopic (exact) mass is 260 g/mol. The Kier molecular flexibility index (Phi) is 5.11. The summed E-state index contributed by atoms with van der Waals surface area (Å²) in [6.45, 7) is 4.61. The highest BCUT2D eigenvalue weighted by Crippen LogP contribution is 2.29. The highest BCUT2D eigenvalue weighted by atomic mass is 32.2. The molecule has 0 spiro atoms. The number of carboxylic acid groups (broad SMARTS) is 1. The van der Waals surface area contributed by atoms with E-state index in [0.29, 0.717) is 12.3 Å². The average molecular weight is 260 g/mol. The fourth-order valence-corrected chi connectivity index (χ4v) is 2.97. The molecule has 0 saturated carbocycles. The topological polar surface area (TPSA) is 60.9 Å². The Morgan fingerprint density at radius 3 is 2.71 bits per heavy atom. The molecule has 0 aliphatic carbocycles. The molecule has 6 heteroatoms. The quantitative estimate of drug-likeness (QED) is 0.835. The maximum absolute atomic E-state index is 12.2. The fourth-order valence-electron chi connectivity index (χ4n) is 1.81. The van der Waals surface area contributed by atoms with Gasteiger partial charge in [0, 0.05) is 19.3 Å². The van der Waals surface area contributed by atoms with Crippen molar-refractivity contribution in [3.63, 3.8) is 0 Å². The minimum atomic E-state index is -0.918. The zero-order valence-electron chi connectivity index (χ0n) is 10.5. The summed E-state index contributed by atoms with van der Waals surface area (Å²) < 4.78 is 0. The summed E-state index contributed by atoms with van der Waals surface area (Å²) in [5.41, 5.74) is 0. The normalized spacial score (nSPS) is 23.8. The van der Waals surface area contributed by atoms with Crippen LogP contribution in [0.3, 0.4) is 0 Å². The van der Waals surface area contributed by atoms with Crippen LogP contribution in [-0.2, 0) is 4.79 Å². The first-order chi connectivity index (χ1) is 7.99. The van der Waals surface area contributed by atoms with E-state index in [1.807, 2.05) is 6.92 Å². The van der Waals surface area contributed by atoms with Crippen LogP contribution in [0.25, 0.3) is 0 Å². The van der Waals surface area contributed by atoms with E-state index in [1.54, 1.807) is 11.9 Å². The molecule has 1 N–H and O–H groups in total. The molecule has 98 valence electrons. The Morgan fingerprint density at radius 2 is 2.18 bits per heavy atom. The molecule has 1 saturated heterocycles. The van der Waals surface area contributed by atoms with Crippen LogP contribution in [0.15, 0.2) is 0 Å². The van der Waals surface area contributed by atoms with Crippen molar-refractivity contribution in [2.45, 2.75) is 38.1 Å². The Hall–Kier alpha value is -0.910. The molecule has 0 aromatic heterocycles. The number of carbonyl (C=O) groups excluding carboxylic acids is 1. The summed E-state index contributed by atoms with van der Waals surface area (Å²) >= 11 is 1.51. The number of amides is 2. The molecule has 0 radical (unpaired) electrons. The second kappa shape index (κ2) is 6.14. The first-order valence-corrected chi connectivity index (χ1v) is 6.91. The highest BCUT2D eigenvalue weighted by molar-refractivity contribution is 8.00. The lowest BCUT2D eigenvalue weighted by Gasteiger charge is -2.30. The van der Waals surface area contributed by atoms with Crippen molar-refractivity contribution in [1.82, 2.24) is 9.80 Å². The van der Waals surface area contributed by atoms with E-state index in [9.17, 15) is 9.59 Å². The minimum Gasteiger partial charge on any atom is -0.480 e. The van der Waals surface area contributed by atoms with Crippen LogP contribution in [0, 0.1) is 0 Å². The van der Waals surface area contributed by atoms with Crippen molar-refractivity contribution in [2.75, 3.05) is 19.3 Å². The first-order valence-electron chi connectivity index (χ1n) is 5.86. The van der Waals surface area contributed by atoms with Gasteiger partial charge in [-0.3, -0.25) is 4.90 Å². The lowest BCUT2D eigenvalue weighted by molar-refractivity contribution is -0.141. The molecule has 2 amide bonds. The maximum Gasteiger partial charge on any atom is 0.327 e. The number of nitrogens with zero attached hydrogens (tertiary/aromatic N) is 2. The smallest absolute Gasteiger partial charge is 0.327 e. The van der Waals surface area contributed by atoms with Gasteiger partial charge in [-0.15, -0.1) is 11.8 Å². The SMILES string of the molecule is CCCCN(C)C(=O)N1C(C)SCC1C(=O)O.